The van der Waals surface area contributed by atoms with Gasteiger partial charge in [-0.2, -0.15) is 0 Å². The first-order valence-corrected chi connectivity index (χ1v) is 7.26. The van der Waals surface area contributed by atoms with Gasteiger partial charge in [-0.3, -0.25) is 0 Å². The molecule has 0 aliphatic heterocycles. The molecule has 0 aliphatic carbocycles. The lowest BCUT2D eigenvalue weighted by molar-refractivity contribution is 0.482. The summed E-state index contributed by atoms with van der Waals surface area (Å²) >= 11 is 15.6. The Kier molecular flexibility index (Phi) is 4.55. The second kappa shape index (κ2) is 5.96. The Bertz CT molecular complexity index is 570. The highest BCUT2D eigenvalue weighted by molar-refractivity contribution is 9.08. The lowest BCUT2D eigenvalue weighted by Crippen LogP contribution is -1.88. The first-order valence-electron chi connectivity index (χ1n) is 5.38. The monoisotopic (exact) mass is 344 g/mol. The van der Waals surface area contributed by atoms with Crippen LogP contribution >= 0.6 is 39.1 Å². The van der Waals surface area contributed by atoms with E-state index in [2.05, 4.69) is 15.9 Å². The lowest BCUT2D eigenvalue weighted by Gasteiger charge is -2.09. The summed E-state index contributed by atoms with van der Waals surface area (Å²) in [6, 6.07) is 11.2. The third kappa shape index (κ3) is 3.19. The van der Waals surface area contributed by atoms with Gasteiger partial charge in [0, 0.05) is 10.4 Å². The maximum Gasteiger partial charge on any atom is 0.146 e. The van der Waals surface area contributed by atoms with E-state index in [0.29, 0.717) is 21.5 Å². The highest BCUT2D eigenvalue weighted by Gasteiger charge is 2.06. The van der Waals surface area contributed by atoms with E-state index in [4.69, 9.17) is 27.9 Å². The molecular weight excluding hydrogens is 335 g/mol. The molecule has 0 N–H and O–H groups in total. The van der Waals surface area contributed by atoms with Crippen molar-refractivity contribution >= 4 is 39.1 Å². The van der Waals surface area contributed by atoms with Gasteiger partial charge in [-0.05, 0) is 42.3 Å². The molecular formula is C14H11BrCl2O. The minimum Gasteiger partial charge on any atom is -0.456 e. The number of hydrogen-bond acceptors (Lipinski definition) is 1. The average molecular weight is 346 g/mol. The second-order valence-electron chi connectivity index (χ2n) is 3.92. The van der Waals surface area contributed by atoms with Crippen molar-refractivity contribution in [1.29, 1.82) is 0 Å². The summed E-state index contributed by atoms with van der Waals surface area (Å²) in [6.45, 7) is 1.99. The molecule has 0 radical (unpaired) electrons. The van der Waals surface area contributed by atoms with E-state index >= 15 is 0 Å². The van der Waals surface area contributed by atoms with Crippen LogP contribution in [0.3, 0.4) is 0 Å². The Morgan fingerprint density at radius 2 is 1.83 bits per heavy atom. The molecule has 0 unspecified atom stereocenters. The zero-order valence-electron chi connectivity index (χ0n) is 9.71. The quantitative estimate of drug-likeness (QED) is 0.621. The molecule has 18 heavy (non-hydrogen) atoms. The van der Waals surface area contributed by atoms with Crippen molar-refractivity contribution in [2.45, 2.75) is 12.3 Å². The highest BCUT2D eigenvalue weighted by Crippen LogP contribution is 2.32. The Hall–Kier alpha value is -0.700. The summed E-state index contributed by atoms with van der Waals surface area (Å²) in [7, 11) is 0. The smallest absolute Gasteiger partial charge is 0.146 e. The zero-order valence-corrected chi connectivity index (χ0v) is 12.8. The summed E-state index contributed by atoms with van der Waals surface area (Å²) in [5, 5.41) is 1.98. The molecule has 0 bridgehead atoms. The summed E-state index contributed by atoms with van der Waals surface area (Å²) in [5.74, 6) is 1.32. The van der Waals surface area contributed by atoms with Gasteiger partial charge in [0.25, 0.3) is 0 Å². The fourth-order valence-electron chi connectivity index (χ4n) is 1.52. The fourth-order valence-corrected chi connectivity index (χ4v) is 2.56. The Morgan fingerprint density at radius 3 is 2.50 bits per heavy atom. The highest BCUT2D eigenvalue weighted by atomic mass is 79.9. The normalized spacial score (nSPS) is 10.4. The van der Waals surface area contributed by atoms with E-state index in [1.165, 1.54) is 0 Å². The van der Waals surface area contributed by atoms with Crippen LogP contribution in [0.15, 0.2) is 36.4 Å². The van der Waals surface area contributed by atoms with Gasteiger partial charge in [-0.25, -0.2) is 0 Å². The minimum absolute atomic E-state index is 0.585. The van der Waals surface area contributed by atoms with Crippen LogP contribution in [-0.4, -0.2) is 0 Å². The molecule has 94 valence electrons. The summed E-state index contributed by atoms with van der Waals surface area (Å²) in [5.41, 5.74) is 2.12. The van der Waals surface area contributed by atoms with E-state index in [1.807, 2.05) is 37.3 Å². The van der Waals surface area contributed by atoms with E-state index in [0.717, 1.165) is 16.5 Å². The van der Waals surface area contributed by atoms with Gasteiger partial charge in [0.05, 0.1) is 5.02 Å². The van der Waals surface area contributed by atoms with Gasteiger partial charge in [0.2, 0.25) is 0 Å². The predicted octanol–water partition coefficient (Wildman–Crippen LogP) is 5.99. The molecule has 2 aromatic carbocycles. The molecule has 2 aromatic rings. The van der Waals surface area contributed by atoms with Crippen molar-refractivity contribution in [2.75, 3.05) is 0 Å². The molecule has 0 fully saturated rings. The van der Waals surface area contributed by atoms with Crippen molar-refractivity contribution in [1.82, 2.24) is 0 Å². The second-order valence-corrected chi connectivity index (χ2v) is 5.30. The first-order chi connectivity index (χ1) is 8.60. The summed E-state index contributed by atoms with van der Waals surface area (Å²) < 4.78 is 5.74. The molecule has 0 aliphatic rings. The van der Waals surface area contributed by atoms with Gasteiger partial charge < -0.3 is 4.74 Å². The van der Waals surface area contributed by atoms with Crippen LogP contribution in [0.4, 0.5) is 0 Å². The Labute approximate surface area is 125 Å². The minimum atomic E-state index is 0.585. The van der Waals surface area contributed by atoms with Crippen molar-refractivity contribution in [3.63, 3.8) is 0 Å². The number of halogens is 3. The van der Waals surface area contributed by atoms with Crippen LogP contribution in [0, 0.1) is 6.92 Å². The number of ether oxygens (including phenoxy) is 1. The number of alkyl halides is 1. The molecule has 0 amide bonds. The van der Waals surface area contributed by atoms with Crippen LogP contribution in [0.5, 0.6) is 11.5 Å². The molecule has 0 atom stereocenters. The maximum atomic E-state index is 6.12. The standard InChI is InChI=1S/C14H11BrCl2O/c1-9-2-5-12(16)14(6-9)18-11-4-3-10(8-15)13(17)7-11/h2-7H,8H2,1H3. The molecule has 4 heteroatoms. The van der Waals surface area contributed by atoms with Crippen LogP contribution in [0.25, 0.3) is 0 Å². The Morgan fingerprint density at radius 1 is 1.06 bits per heavy atom. The van der Waals surface area contributed by atoms with Crippen LogP contribution < -0.4 is 4.74 Å². The van der Waals surface area contributed by atoms with Crippen LogP contribution in [0.2, 0.25) is 10.0 Å². The van der Waals surface area contributed by atoms with Gasteiger partial charge in [0.1, 0.15) is 11.5 Å². The van der Waals surface area contributed by atoms with Gasteiger partial charge in [-0.15, -0.1) is 0 Å². The molecule has 1 nitrogen and oxygen atoms in total. The van der Waals surface area contributed by atoms with E-state index in [1.54, 1.807) is 6.07 Å². The van der Waals surface area contributed by atoms with Crippen molar-refractivity contribution in [3.8, 4) is 11.5 Å². The fraction of sp³-hybridized carbons (Fsp3) is 0.143. The number of hydrogen-bond donors (Lipinski definition) is 0. The molecule has 0 saturated carbocycles. The number of aryl methyl sites for hydroxylation is 1. The van der Waals surface area contributed by atoms with Crippen LogP contribution in [0.1, 0.15) is 11.1 Å². The maximum absolute atomic E-state index is 6.12. The predicted molar refractivity (Wildman–Crippen MR) is 80.3 cm³/mol. The summed E-state index contributed by atoms with van der Waals surface area (Å²) in [4.78, 5) is 0. The third-order valence-electron chi connectivity index (χ3n) is 2.48. The lowest BCUT2D eigenvalue weighted by atomic mass is 10.2. The van der Waals surface area contributed by atoms with Crippen molar-refractivity contribution in [3.05, 3.63) is 57.6 Å². The molecule has 0 spiro atoms. The third-order valence-corrected chi connectivity index (χ3v) is 3.75. The van der Waals surface area contributed by atoms with E-state index in [9.17, 15) is 0 Å². The van der Waals surface area contributed by atoms with Gasteiger partial charge >= 0.3 is 0 Å². The summed E-state index contributed by atoms with van der Waals surface area (Å²) in [6.07, 6.45) is 0. The van der Waals surface area contributed by atoms with E-state index in [-0.39, 0.29) is 0 Å². The number of benzene rings is 2. The number of rotatable bonds is 3. The van der Waals surface area contributed by atoms with Gasteiger partial charge in [-0.1, -0.05) is 51.3 Å². The zero-order chi connectivity index (χ0) is 13.1. The van der Waals surface area contributed by atoms with Crippen LogP contribution in [-0.2, 0) is 5.33 Å². The molecule has 2 rings (SSSR count). The van der Waals surface area contributed by atoms with Gasteiger partial charge in [0.15, 0.2) is 0 Å². The largest absolute Gasteiger partial charge is 0.456 e. The first kappa shape index (κ1) is 13.7. The molecule has 0 saturated heterocycles. The molecule has 0 aromatic heterocycles. The SMILES string of the molecule is Cc1ccc(Cl)c(Oc2ccc(CBr)c(Cl)c2)c1. The van der Waals surface area contributed by atoms with E-state index < -0.39 is 0 Å². The molecule has 0 heterocycles. The van der Waals surface area contributed by atoms with Crippen molar-refractivity contribution < 1.29 is 4.74 Å². The Balaban J connectivity index is 2.28. The van der Waals surface area contributed by atoms with Crippen molar-refractivity contribution in [2.24, 2.45) is 0 Å². The topological polar surface area (TPSA) is 9.23 Å². The average Bonchev–Trinajstić information content (AvgIpc) is 2.34.